The van der Waals surface area contributed by atoms with Gasteiger partial charge in [-0.3, -0.25) is 9.59 Å². The Bertz CT molecular complexity index is 955. The van der Waals surface area contributed by atoms with Gasteiger partial charge in [0, 0.05) is 7.05 Å². The number of rotatable bonds is 3. The van der Waals surface area contributed by atoms with Crippen molar-refractivity contribution in [2.45, 2.75) is 27.3 Å². The summed E-state index contributed by atoms with van der Waals surface area (Å²) in [6, 6.07) is 0. The molecule has 0 aromatic carbocycles. The van der Waals surface area contributed by atoms with Crippen molar-refractivity contribution >= 4 is 27.5 Å². The summed E-state index contributed by atoms with van der Waals surface area (Å²) < 4.78 is 4.64. The number of aromatic nitrogens is 4. The van der Waals surface area contributed by atoms with Crippen molar-refractivity contribution in [3.05, 3.63) is 38.0 Å². The number of nitrogens with zero attached hydrogens (tertiary/aromatic N) is 4. The molecule has 0 aliphatic carbocycles. The minimum atomic E-state index is -0.223. The number of carbonyl (C=O) groups is 1. The summed E-state index contributed by atoms with van der Waals surface area (Å²) in [4.78, 5) is 34.3. The third-order valence-electron chi connectivity index (χ3n) is 3.59. The summed E-state index contributed by atoms with van der Waals surface area (Å²) in [5, 5.41) is 7.95. The number of hydrogen-bond donors (Lipinski definition) is 1. The van der Waals surface area contributed by atoms with Gasteiger partial charge in [0.15, 0.2) is 0 Å². The van der Waals surface area contributed by atoms with Crippen LogP contribution in [0.1, 0.15) is 32.4 Å². The first kappa shape index (κ1) is 15.3. The molecule has 0 saturated carbocycles. The van der Waals surface area contributed by atoms with Gasteiger partial charge in [-0.1, -0.05) is 10.3 Å². The van der Waals surface area contributed by atoms with Crippen LogP contribution < -0.4 is 5.56 Å². The molecule has 0 radical (unpaired) electrons. The van der Waals surface area contributed by atoms with Crippen LogP contribution in [-0.4, -0.2) is 38.1 Å². The monoisotopic (exact) mass is 333 g/mol. The van der Waals surface area contributed by atoms with Crippen LogP contribution in [0.4, 0.5) is 0 Å². The number of amides is 1. The van der Waals surface area contributed by atoms with Crippen LogP contribution in [0.2, 0.25) is 0 Å². The highest BCUT2D eigenvalue weighted by molar-refractivity contribution is 7.20. The molecular formula is C14H15N5O3S. The standard InChI is InChI=1S/C14H15N5O3S/c1-6-10-12(20)15-8(3)16-13(10)23-11(6)14(21)19(4)5-9-7(2)17-22-18-9/h5H2,1-4H3,(H,15,16,20). The molecule has 3 aromatic rings. The van der Waals surface area contributed by atoms with E-state index in [2.05, 4.69) is 24.9 Å². The third kappa shape index (κ3) is 2.63. The van der Waals surface area contributed by atoms with Crippen LogP contribution in [-0.2, 0) is 6.54 Å². The highest BCUT2D eigenvalue weighted by Gasteiger charge is 2.22. The maximum Gasteiger partial charge on any atom is 0.264 e. The highest BCUT2D eigenvalue weighted by Crippen LogP contribution is 2.28. The van der Waals surface area contributed by atoms with Gasteiger partial charge < -0.3 is 9.88 Å². The first-order valence-electron chi connectivity index (χ1n) is 6.92. The summed E-state index contributed by atoms with van der Waals surface area (Å²) >= 11 is 1.22. The number of hydrogen-bond acceptors (Lipinski definition) is 7. The number of carbonyl (C=O) groups excluding carboxylic acids is 1. The molecule has 0 unspecified atom stereocenters. The van der Waals surface area contributed by atoms with Gasteiger partial charge in [-0.25, -0.2) is 9.61 Å². The summed E-state index contributed by atoms with van der Waals surface area (Å²) in [6.45, 7) is 5.52. The summed E-state index contributed by atoms with van der Waals surface area (Å²) in [5.41, 5.74) is 1.67. The van der Waals surface area contributed by atoms with Gasteiger partial charge in [-0.15, -0.1) is 11.3 Å². The number of aryl methyl sites for hydroxylation is 3. The Balaban J connectivity index is 1.98. The average molecular weight is 333 g/mol. The molecule has 3 heterocycles. The number of H-pyrrole nitrogens is 1. The van der Waals surface area contributed by atoms with Crippen LogP contribution in [0.25, 0.3) is 10.2 Å². The van der Waals surface area contributed by atoms with Crippen molar-refractivity contribution in [2.24, 2.45) is 0 Å². The maximum absolute atomic E-state index is 12.7. The normalized spacial score (nSPS) is 11.1. The molecule has 0 bridgehead atoms. The molecule has 0 spiro atoms. The van der Waals surface area contributed by atoms with Gasteiger partial charge in [0.2, 0.25) is 0 Å². The lowest BCUT2D eigenvalue weighted by molar-refractivity contribution is 0.0786. The van der Waals surface area contributed by atoms with Crippen molar-refractivity contribution in [1.29, 1.82) is 0 Å². The Kier molecular flexibility index (Phi) is 3.72. The zero-order valence-corrected chi connectivity index (χ0v) is 13.9. The van der Waals surface area contributed by atoms with Crippen LogP contribution >= 0.6 is 11.3 Å². The molecule has 0 fully saturated rings. The first-order chi connectivity index (χ1) is 10.9. The van der Waals surface area contributed by atoms with E-state index in [1.54, 1.807) is 27.8 Å². The predicted octanol–water partition coefficient (Wildman–Crippen LogP) is 1.57. The van der Waals surface area contributed by atoms with E-state index >= 15 is 0 Å². The van der Waals surface area contributed by atoms with E-state index in [0.717, 1.165) is 0 Å². The van der Waals surface area contributed by atoms with E-state index in [1.165, 1.54) is 16.2 Å². The third-order valence-corrected chi connectivity index (χ3v) is 4.77. The van der Waals surface area contributed by atoms with E-state index in [-0.39, 0.29) is 18.0 Å². The quantitative estimate of drug-likeness (QED) is 0.780. The second-order valence-electron chi connectivity index (χ2n) is 5.35. The van der Waals surface area contributed by atoms with Gasteiger partial charge in [0.1, 0.15) is 22.0 Å². The number of nitrogens with one attached hydrogen (secondary N) is 1. The van der Waals surface area contributed by atoms with Gasteiger partial charge in [-0.05, 0) is 26.3 Å². The molecule has 3 rings (SSSR count). The van der Waals surface area contributed by atoms with E-state index < -0.39 is 0 Å². The van der Waals surface area contributed by atoms with E-state index in [9.17, 15) is 9.59 Å². The molecule has 23 heavy (non-hydrogen) atoms. The van der Waals surface area contributed by atoms with Crippen LogP contribution in [0.15, 0.2) is 9.42 Å². The molecule has 8 nitrogen and oxygen atoms in total. The Morgan fingerprint density at radius 1 is 1.30 bits per heavy atom. The highest BCUT2D eigenvalue weighted by atomic mass is 32.1. The van der Waals surface area contributed by atoms with Crippen LogP contribution in [0, 0.1) is 20.8 Å². The zero-order chi connectivity index (χ0) is 16.7. The lowest BCUT2D eigenvalue weighted by Crippen LogP contribution is -2.26. The molecular weight excluding hydrogens is 318 g/mol. The second kappa shape index (κ2) is 5.58. The molecule has 1 amide bonds. The first-order valence-corrected chi connectivity index (χ1v) is 7.73. The van der Waals surface area contributed by atoms with Crippen molar-refractivity contribution in [3.8, 4) is 0 Å². The topological polar surface area (TPSA) is 105 Å². The molecule has 0 atom stereocenters. The maximum atomic E-state index is 12.7. The van der Waals surface area contributed by atoms with Crippen LogP contribution in [0.5, 0.6) is 0 Å². The van der Waals surface area contributed by atoms with Gasteiger partial charge in [-0.2, -0.15) is 0 Å². The van der Waals surface area contributed by atoms with E-state index in [4.69, 9.17) is 0 Å². The van der Waals surface area contributed by atoms with Gasteiger partial charge in [0.05, 0.1) is 16.8 Å². The Labute approximate surface area is 135 Å². The number of fused-ring (bicyclic) bond motifs is 1. The fraction of sp³-hybridized carbons (Fsp3) is 0.357. The number of aromatic amines is 1. The molecule has 0 aliphatic heterocycles. The Morgan fingerprint density at radius 3 is 2.70 bits per heavy atom. The minimum Gasteiger partial charge on any atom is -0.335 e. The fourth-order valence-corrected chi connectivity index (χ4v) is 3.54. The summed E-state index contributed by atoms with van der Waals surface area (Å²) in [6.07, 6.45) is 0. The molecule has 0 saturated heterocycles. The SMILES string of the molecule is Cc1nc2sc(C(=O)N(C)Cc3nonc3C)c(C)c2c(=O)[nH]1. The predicted molar refractivity (Wildman–Crippen MR) is 84.5 cm³/mol. The van der Waals surface area contributed by atoms with Gasteiger partial charge in [0.25, 0.3) is 11.5 Å². The average Bonchev–Trinajstić information content (AvgIpc) is 3.02. The summed E-state index contributed by atoms with van der Waals surface area (Å²) in [7, 11) is 1.67. The Hall–Kier alpha value is -2.55. The van der Waals surface area contributed by atoms with Crippen LogP contribution in [0.3, 0.4) is 0 Å². The van der Waals surface area contributed by atoms with Gasteiger partial charge >= 0.3 is 0 Å². The molecule has 1 N–H and O–H groups in total. The van der Waals surface area contributed by atoms with Crippen molar-refractivity contribution in [3.63, 3.8) is 0 Å². The molecule has 9 heteroatoms. The largest absolute Gasteiger partial charge is 0.335 e. The lowest BCUT2D eigenvalue weighted by Gasteiger charge is -2.15. The molecule has 3 aromatic heterocycles. The lowest BCUT2D eigenvalue weighted by atomic mass is 10.2. The van der Waals surface area contributed by atoms with E-state index in [0.29, 0.717) is 37.9 Å². The van der Waals surface area contributed by atoms with Crippen molar-refractivity contribution in [2.75, 3.05) is 7.05 Å². The smallest absolute Gasteiger partial charge is 0.264 e. The van der Waals surface area contributed by atoms with E-state index in [1.807, 2.05) is 0 Å². The molecule has 0 aliphatic rings. The van der Waals surface area contributed by atoms with Crippen molar-refractivity contribution in [1.82, 2.24) is 25.2 Å². The molecule has 120 valence electrons. The van der Waals surface area contributed by atoms with Crippen molar-refractivity contribution < 1.29 is 9.42 Å². The second-order valence-corrected chi connectivity index (χ2v) is 6.34. The Morgan fingerprint density at radius 2 is 2.04 bits per heavy atom. The minimum absolute atomic E-state index is 0.190. The fourth-order valence-electron chi connectivity index (χ4n) is 2.32. The summed E-state index contributed by atoms with van der Waals surface area (Å²) in [5.74, 6) is 0.338. The number of thiophene rings is 1. The zero-order valence-electron chi connectivity index (χ0n) is 13.1.